The van der Waals surface area contributed by atoms with Crippen LogP contribution in [0.4, 0.5) is 0 Å². The molecule has 0 radical (unpaired) electrons. The van der Waals surface area contributed by atoms with E-state index in [4.69, 9.17) is 10.5 Å². The Morgan fingerprint density at radius 2 is 1.13 bits per heavy atom. The quantitative estimate of drug-likeness (QED) is 0.0228. The molecular weight excluding hydrogens is 1190 g/mol. The van der Waals surface area contributed by atoms with E-state index in [0.717, 1.165) is 23.6 Å². The van der Waals surface area contributed by atoms with Crippen LogP contribution >= 0.6 is 11.8 Å². The van der Waals surface area contributed by atoms with Gasteiger partial charge in [0, 0.05) is 44.9 Å². The third-order valence-corrected chi connectivity index (χ3v) is 15.8. The lowest BCUT2D eigenvalue weighted by Gasteiger charge is -2.40. The molecule has 4 rings (SSSR count). The van der Waals surface area contributed by atoms with Crippen LogP contribution in [0.2, 0.25) is 0 Å². The molecule has 2 heterocycles. The van der Waals surface area contributed by atoms with E-state index in [9.17, 15) is 93.3 Å². The zero-order valence-corrected chi connectivity index (χ0v) is 50.6. The number of nitrogens with one attached hydrogen (secondary N) is 8. The van der Waals surface area contributed by atoms with Crippen LogP contribution in [0.5, 0.6) is 0 Å². The fraction of sp³-hybridized carbons (Fsp3) is 0.586. The number of aliphatic hydroxyl groups is 4. The number of ether oxygens (including phenoxy) is 1. The molecule has 0 aromatic heterocycles. The number of rotatable bonds is 39. The average molecular weight is 1270 g/mol. The van der Waals surface area contributed by atoms with Gasteiger partial charge in [-0.2, -0.15) is 0 Å². The van der Waals surface area contributed by atoms with Crippen LogP contribution in [0.25, 0.3) is 0 Å². The summed E-state index contributed by atoms with van der Waals surface area (Å²) in [5, 5.41) is 88.4. The van der Waals surface area contributed by atoms with E-state index in [2.05, 4.69) is 42.5 Å². The summed E-state index contributed by atoms with van der Waals surface area (Å²) in [7, 11) is 0. The molecular formula is C58H84N10O20S. The lowest BCUT2D eigenvalue weighted by atomic mass is 9.97. The molecule has 2 aromatic rings. The third kappa shape index (κ3) is 24.7. The van der Waals surface area contributed by atoms with Gasteiger partial charge in [0.2, 0.25) is 53.2 Å². The average Bonchev–Trinajstić information content (AvgIpc) is 2.45. The fourth-order valence-electron chi connectivity index (χ4n) is 9.77. The van der Waals surface area contributed by atoms with Gasteiger partial charge in [-0.3, -0.25) is 57.6 Å². The van der Waals surface area contributed by atoms with Gasteiger partial charge in [-0.05, 0) is 75.1 Å². The molecule has 492 valence electrons. The second kappa shape index (κ2) is 37.4. The minimum atomic E-state index is -1.96. The van der Waals surface area contributed by atoms with Gasteiger partial charge in [0.15, 0.2) is 6.29 Å². The van der Waals surface area contributed by atoms with Crippen LogP contribution in [0.3, 0.4) is 0 Å². The summed E-state index contributed by atoms with van der Waals surface area (Å²) in [6.45, 7) is 4.22. The van der Waals surface area contributed by atoms with Gasteiger partial charge in [0.1, 0.15) is 60.6 Å². The Labute approximate surface area is 517 Å². The summed E-state index contributed by atoms with van der Waals surface area (Å²) >= 11 is 0.923. The number of carbonyl (C=O) groups excluding carboxylic acids is 9. The monoisotopic (exact) mass is 1270 g/mol. The molecule has 9 unspecified atom stereocenters. The van der Waals surface area contributed by atoms with Crippen LogP contribution in [0, 0.1) is 5.92 Å². The summed E-state index contributed by atoms with van der Waals surface area (Å²) in [6, 6.07) is 4.61. The minimum absolute atomic E-state index is 0.00179. The summed E-state index contributed by atoms with van der Waals surface area (Å²) in [6.07, 6.45) is -7.64. The number of aliphatic hydroxyl groups excluding tert-OH is 4. The molecule has 2 saturated heterocycles. The Hall–Kier alpha value is -7.65. The number of imide groups is 1. The number of carboxylic acids is 3. The Balaban J connectivity index is 1.53. The number of aliphatic carboxylic acids is 3. The highest BCUT2D eigenvalue weighted by Gasteiger charge is 2.44. The van der Waals surface area contributed by atoms with Crippen molar-refractivity contribution in [3.8, 4) is 0 Å². The van der Waals surface area contributed by atoms with Gasteiger partial charge >= 0.3 is 17.9 Å². The highest BCUT2D eigenvalue weighted by Crippen LogP contribution is 2.27. The maximum absolute atomic E-state index is 14.7. The van der Waals surface area contributed by atoms with Crippen molar-refractivity contribution in [2.45, 2.75) is 176 Å². The van der Waals surface area contributed by atoms with Gasteiger partial charge in [0.05, 0.1) is 24.3 Å². The molecule has 89 heavy (non-hydrogen) atoms. The van der Waals surface area contributed by atoms with E-state index in [1.165, 1.54) is 0 Å². The Morgan fingerprint density at radius 3 is 1.64 bits per heavy atom. The Bertz CT molecular complexity index is 2730. The molecule has 2 aliphatic heterocycles. The van der Waals surface area contributed by atoms with E-state index in [-0.39, 0.29) is 69.8 Å². The molecule has 0 saturated carbocycles. The number of unbranched alkanes of at least 4 members (excludes halogenated alkanes) is 2. The molecule has 0 bridgehead atoms. The van der Waals surface area contributed by atoms with Gasteiger partial charge in [-0.1, -0.05) is 74.5 Å². The van der Waals surface area contributed by atoms with E-state index < -0.39 is 175 Å². The third-order valence-electron chi connectivity index (χ3n) is 14.5. The molecule has 13 atom stereocenters. The molecule has 9 amide bonds. The molecule has 17 N–H and O–H groups in total. The summed E-state index contributed by atoms with van der Waals surface area (Å²) < 4.78 is 5.16. The summed E-state index contributed by atoms with van der Waals surface area (Å²) in [5.74, 6) is -12.8. The number of amides is 9. The van der Waals surface area contributed by atoms with Crippen LogP contribution in [0.1, 0.15) is 96.1 Å². The molecule has 2 fully saturated rings. The van der Waals surface area contributed by atoms with Crippen molar-refractivity contribution in [3.05, 3.63) is 71.8 Å². The number of likely N-dealkylation sites (tertiary alicyclic amines) is 1. The molecule has 2 aromatic carbocycles. The van der Waals surface area contributed by atoms with Crippen LogP contribution in [-0.4, -0.2) is 222 Å². The van der Waals surface area contributed by atoms with Gasteiger partial charge in [-0.25, -0.2) is 4.79 Å². The minimum Gasteiger partial charge on any atom is -0.481 e. The van der Waals surface area contributed by atoms with E-state index in [1.807, 2.05) is 0 Å². The SMILES string of the molecule is CC(=O)NC(CSC1CC(=O)N(CCCCN[C@H]2C(O)O[C@H](CO)[C@@H](O)[C@@H]2O)C1=O)C(=O)NC(Cc1ccccc1)C(=O)NC(Cc1ccccc1)C(=O)NC(CCCCN)C(=O)NC(CC(=O)O)C(=O)NC(CCC(=O)O)C(=O)NC(CC(C)C)C(=O)O. The normalized spacial score (nSPS) is 20.6. The number of hydrogen-bond donors (Lipinski definition) is 16. The summed E-state index contributed by atoms with van der Waals surface area (Å²) in [4.78, 5) is 161. The molecule has 0 aliphatic carbocycles. The van der Waals surface area contributed by atoms with Crippen LogP contribution in [-0.2, 0) is 75.1 Å². The second-order valence-corrected chi connectivity index (χ2v) is 23.3. The summed E-state index contributed by atoms with van der Waals surface area (Å²) in [5.41, 5.74) is 6.82. The van der Waals surface area contributed by atoms with E-state index in [0.29, 0.717) is 30.4 Å². The topological polar surface area (TPSA) is 481 Å². The maximum Gasteiger partial charge on any atom is 0.326 e. The Morgan fingerprint density at radius 1 is 0.629 bits per heavy atom. The maximum atomic E-state index is 14.7. The smallest absolute Gasteiger partial charge is 0.326 e. The molecule has 2 aliphatic rings. The number of hydrogen-bond acceptors (Lipinski definition) is 20. The Kier molecular flexibility index (Phi) is 31.0. The fourth-order valence-corrected chi connectivity index (χ4v) is 11.0. The van der Waals surface area contributed by atoms with E-state index in [1.54, 1.807) is 74.5 Å². The van der Waals surface area contributed by atoms with Crippen molar-refractivity contribution in [1.82, 2.24) is 47.4 Å². The predicted molar refractivity (Wildman–Crippen MR) is 317 cm³/mol. The number of nitrogens with zero attached hydrogens (tertiary/aromatic N) is 1. The van der Waals surface area contributed by atoms with Crippen molar-refractivity contribution >= 4 is 82.8 Å². The highest BCUT2D eigenvalue weighted by atomic mass is 32.2. The number of nitrogens with two attached hydrogens (primary N) is 1. The van der Waals surface area contributed by atoms with Crippen molar-refractivity contribution in [3.63, 3.8) is 0 Å². The largest absolute Gasteiger partial charge is 0.481 e. The van der Waals surface area contributed by atoms with E-state index >= 15 is 0 Å². The van der Waals surface area contributed by atoms with Gasteiger partial charge in [-0.15, -0.1) is 11.8 Å². The van der Waals surface area contributed by atoms with Crippen molar-refractivity contribution in [2.24, 2.45) is 11.7 Å². The van der Waals surface area contributed by atoms with Crippen molar-refractivity contribution < 1.29 is 98.0 Å². The molecule has 31 heteroatoms. The predicted octanol–water partition coefficient (Wildman–Crippen LogP) is -3.49. The highest BCUT2D eigenvalue weighted by molar-refractivity contribution is 8.00. The number of carbonyl (C=O) groups is 12. The van der Waals surface area contributed by atoms with Crippen LogP contribution < -0.4 is 48.3 Å². The second-order valence-electron chi connectivity index (χ2n) is 22.1. The number of carboxylic acid groups (broad SMARTS) is 3. The number of benzene rings is 2. The first kappa shape index (κ1) is 73.8. The first-order chi connectivity index (χ1) is 42.2. The standard InChI is InChI=1S/C58H84N10O20S/c1-31(2)24-40(57(85)86)67-51(79)36(19-20-45(72)73)63-54(82)39(27-46(74)75)66-50(78)35(18-10-11-21-59)62-52(80)37(25-33-14-6-4-7-15-33)64-53(81)38(26-34-16-8-5-9-17-34)65-55(83)41(61-32(3)70)30-89-43-28-44(71)68(56(43)84)23-13-12-22-60-47-49(77)48(76)42(29-69)88-58(47)87/h4-9,14-17,31,35-43,47-49,58,60,69,76-77,87H,10-13,18-30,59H2,1-3H3,(H,61,70)(H,62,80)(H,63,82)(H,64,81)(H,65,83)(H,66,78)(H,67,79)(H,72,73)(H,74,75)(H,85,86)/t35?,36?,37?,38?,39?,40?,41?,42-,43?,47-,48-,49-,58?/m1/s1. The zero-order chi connectivity index (χ0) is 65.9. The molecule has 0 spiro atoms. The first-order valence-corrected chi connectivity index (χ1v) is 30.3. The first-order valence-electron chi connectivity index (χ1n) is 29.3. The van der Waals surface area contributed by atoms with Crippen LogP contribution in [0.15, 0.2) is 60.7 Å². The number of thioether (sulfide) groups is 1. The lowest BCUT2D eigenvalue weighted by molar-refractivity contribution is -0.254. The van der Waals surface area contributed by atoms with Gasteiger partial charge < -0.3 is 88.8 Å². The zero-order valence-electron chi connectivity index (χ0n) is 49.7. The lowest BCUT2D eigenvalue weighted by Crippen LogP contribution is -2.63. The van der Waals surface area contributed by atoms with Crippen molar-refractivity contribution in [1.29, 1.82) is 0 Å². The van der Waals surface area contributed by atoms with Gasteiger partial charge in [0.25, 0.3) is 0 Å². The van der Waals surface area contributed by atoms with Crippen molar-refractivity contribution in [2.75, 3.05) is 32.0 Å². The molecule has 30 nitrogen and oxygen atoms in total.